The lowest BCUT2D eigenvalue weighted by Crippen LogP contribution is -2.43. The van der Waals surface area contributed by atoms with Gasteiger partial charge in [0.05, 0.1) is 18.0 Å². The monoisotopic (exact) mass is 420 g/mol. The zero-order valence-corrected chi connectivity index (χ0v) is 15.1. The van der Waals surface area contributed by atoms with Crippen LogP contribution in [0.15, 0.2) is 24.3 Å². The van der Waals surface area contributed by atoms with Crippen LogP contribution in [0.1, 0.15) is 22.9 Å². The lowest BCUT2D eigenvalue weighted by Gasteiger charge is -2.32. The van der Waals surface area contributed by atoms with Crippen LogP contribution < -0.4 is 0 Å². The normalized spacial score (nSPS) is 20.2. The Morgan fingerprint density at radius 1 is 1.29 bits per heavy atom. The summed E-state index contributed by atoms with van der Waals surface area (Å²) in [6.45, 7) is 2.60. The molecule has 6 heteroatoms. The van der Waals surface area contributed by atoms with Crippen molar-refractivity contribution in [2.45, 2.75) is 29.0 Å². The van der Waals surface area contributed by atoms with Crippen molar-refractivity contribution >= 4 is 37.6 Å². The lowest BCUT2D eigenvalue weighted by molar-refractivity contribution is -0.317. The number of ketones is 1. The third kappa shape index (κ3) is 3.93. The largest absolute Gasteiger partial charge is 0.330 e. The van der Waals surface area contributed by atoms with Crippen LogP contribution in [0.25, 0.3) is 0 Å². The second-order valence-electron chi connectivity index (χ2n) is 4.93. The molecule has 1 aliphatic heterocycles. The summed E-state index contributed by atoms with van der Waals surface area (Å²) >= 11 is 7.27. The summed E-state index contributed by atoms with van der Waals surface area (Å²) in [6.07, 6.45) is 0.458. The first-order chi connectivity index (χ1) is 9.98. The molecular weight excluding hydrogens is 404 g/mol. The van der Waals surface area contributed by atoms with Crippen molar-refractivity contribution in [1.82, 2.24) is 0 Å². The van der Waals surface area contributed by atoms with Crippen LogP contribution >= 0.6 is 31.9 Å². The van der Waals surface area contributed by atoms with E-state index >= 15 is 0 Å². The Kier molecular flexibility index (Phi) is 5.96. The SMILES string of the molecule is COC1(C(Br)C(Br)c2ccc(CC(C)=O)cc2)OCCO1. The Balaban J connectivity index is 2.11. The molecule has 1 saturated heterocycles. The Hall–Kier alpha value is -0.270. The molecule has 21 heavy (non-hydrogen) atoms. The van der Waals surface area contributed by atoms with Gasteiger partial charge in [-0.3, -0.25) is 4.79 Å². The highest BCUT2D eigenvalue weighted by Gasteiger charge is 2.47. The van der Waals surface area contributed by atoms with Gasteiger partial charge in [0.2, 0.25) is 0 Å². The van der Waals surface area contributed by atoms with E-state index in [1.165, 1.54) is 0 Å². The molecule has 1 fully saturated rings. The number of carbonyl (C=O) groups is 1. The summed E-state index contributed by atoms with van der Waals surface area (Å²) in [5.74, 6) is -0.922. The van der Waals surface area contributed by atoms with Gasteiger partial charge in [0, 0.05) is 13.5 Å². The molecule has 0 spiro atoms. The van der Waals surface area contributed by atoms with E-state index in [0.29, 0.717) is 19.6 Å². The minimum Gasteiger partial charge on any atom is -0.330 e. The van der Waals surface area contributed by atoms with E-state index in [2.05, 4.69) is 31.9 Å². The Morgan fingerprint density at radius 2 is 1.86 bits per heavy atom. The summed E-state index contributed by atoms with van der Waals surface area (Å²) in [6, 6.07) is 7.90. The fourth-order valence-electron chi connectivity index (χ4n) is 2.25. The van der Waals surface area contributed by atoms with Crippen LogP contribution in [-0.2, 0) is 25.4 Å². The number of rotatable bonds is 6. The van der Waals surface area contributed by atoms with E-state index in [-0.39, 0.29) is 15.4 Å². The highest BCUT2D eigenvalue weighted by molar-refractivity contribution is 9.12. The van der Waals surface area contributed by atoms with Gasteiger partial charge < -0.3 is 14.2 Å². The molecular formula is C15H18Br2O4. The standard InChI is InChI=1S/C15H18Br2O4/c1-10(18)9-11-3-5-12(6-4-11)13(16)14(17)15(19-2)20-7-8-21-15/h3-6,13-14H,7-9H2,1-2H3. The Morgan fingerprint density at radius 3 is 2.33 bits per heavy atom. The van der Waals surface area contributed by atoms with Crippen LogP contribution in [0.4, 0.5) is 0 Å². The highest BCUT2D eigenvalue weighted by atomic mass is 79.9. The molecule has 0 N–H and O–H groups in total. The maximum Gasteiger partial charge on any atom is 0.297 e. The first-order valence-corrected chi connectivity index (χ1v) is 8.51. The minimum absolute atomic E-state index is 0.0538. The van der Waals surface area contributed by atoms with Crippen LogP contribution in [0.2, 0.25) is 0 Å². The maximum atomic E-state index is 11.1. The number of halogens is 2. The predicted molar refractivity (Wildman–Crippen MR) is 86.9 cm³/mol. The van der Waals surface area contributed by atoms with Gasteiger partial charge in [0.15, 0.2) is 0 Å². The first-order valence-electron chi connectivity index (χ1n) is 6.68. The second kappa shape index (κ2) is 7.33. The van der Waals surface area contributed by atoms with E-state index in [9.17, 15) is 4.79 Å². The third-order valence-corrected chi connectivity index (χ3v) is 6.18. The molecule has 1 aliphatic rings. The second-order valence-corrected chi connectivity index (χ2v) is 6.90. The van der Waals surface area contributed by atoms with Crippen LogP contribution in [0.5, 0.6) is 0 Å². The maximum absolute atomic E-state index is 11.1. The number of Topliss-reactive ketones (excluding diaryl/α,β-unsaturated/α-hetero) is 1. The molecule has 1 aromatic carbocycles. The lowest BCUT2D eigenvalue weighted by atomic mass is 10.0. The first kappa shape index (κ1) is 17.1. The van der Waals surface area contributed by atoms with E-state index in [1.807, 2.05) is 24.3 Å². The molecule has 2 unspecified atom stereocenters. The molecule has 0 aromatic heterocycles. The van der Waals surface area contributed by atoms with Crippen molar-refractivity contribution in [3.05, 3.63) is 35.4 Å². The molecule has 0 bridgehead atoms. The van der Waals surface area contributed by atoms with Gasteiger partial charge in [-0.05, 0) is 18.1 Å². The fraction of sp³-hybridized carbons (Fsp3) is 0.533. The molecule has 1 aromatic rings. The summed E-state index contributed by atoms with van der Waals surface area (Å²) < 4.78 is 16.6. The average molecular weight is 422 g/mol. The van der Waals surface area contributed by atoms with Crippen molar-refractivity contribution < 1.29 is 19.0 Å². The van der Waals surface area contributed by atoms with Gasteiger partial charge in [-0.1, -0.05) is 56.1 Å². The molecule has 2 rings (SSSR count). The number of hydrogen-bond donors (Lipinski definition) is 0. The zero-order valence-electron chi connectivity index (χ0n) is 12.0. The number of ether oxygens (including phenoxy) is 3. The van der Waals surface area contributed by atoms with E-state index in [1.54, 1.807) is 14.0 Å². The van der Waals surface area contributed by atoms with Crippen LogP contribution in [-0.4, -0.2) is 36.9 Å². The zero-order chi connectivity index (χ0) is 15.5. The third-order valence-electron chi connectivity index (χ3n) is 3.32. The van der Waals surface area contributed by atoms with Crippen molar-refractivity contribution in [1.29, 1.82) is 0 Å². The van der Waals surface area contributed by atoms with Crippen molar-refractivity contribution in [3.8, 4) is 0 Å². The van der Waals surface area contributed by atoms with Crippen molar-refractivity contribution in [2.24, 2.45) is 0 Å². The molecule has 4 nitrogen and oxygen atoms in total. The average Bonchev–Trinajstić information content (AvgIpc) is 2.96. The molecule has 0 amide bonds. The van der Waals surface area contributed by atoms with Crippen molar-refractivity contribution in [3.63, 3.8) is 0 Å². The number of alkyl halides is 2. The Bertz CT molecular complexity index is 483. The van der Waals surface area contributed by atoms with E-state index in [4.69, 9.17) is 14.2 Å². The van der Waals surface area contributed by atoms with Crippen molar-refractivity contribution in [2.75, 3.05) is 20.3 Å². The van der Waals surface area contributed by atoms with Gasteiger partial charge in [-0.25, -0.2) is 0 Å². The molecule has 0 saturated carbocycles. The summed E-state index contributed by atoms with van der Waals surface area (Å²) in [4.78, 5) is 10.9. The molecule has 0 aliphatic carbocycles. The quantitative estimate of drug-likeness (QED) is 0.660. The number of benzene rings is 1. The highest BCUT2D eigenvalue weighted by Crippen LogP contribution is 2.41. The fourth-order valence-corrected chi connectivity index (χ4v) is 3.64. The number of carbonyl (C=O) groups excluding carboxylic acids is 1. The predicted octanol–water partition coefficient (Wildman–Crippen LogP) is 3.36. The summed E-state index contributed by atoms with van der Waals surface area (Å²) in [7, 11) is 1.56. The van der Waals surface area contributed by atoms with E-state index in [0.717, 1.165) is 11.1 Å². The number of hydrogen-bond acceptors (Lipinski definition) is 4. The summed E-state index contributed by atoms with van der Waals surface area (Å²) in [5.41, 5.74) is 2.06. The van der Waals surface area contributed by atoms with Gasteiger partial charge in [0.25, 0.3) is 5.97 Å². The molecule has 1 heterocycles. The van der Waals surface area contributed by atoms with Gasteiger partial charge >= 0.3 is 0 Å². The van der Waals surface area contributed by atoms with Crippen LogP contribution in [0, 0.1) is 0 Å². The van der Waals surface area contributed by atoms with E-state index < -0.39 is 5.97 Å². The minimum atomic E-state index is -1.08. The number of methoxy groups -OCH3 is 1. The summed E-state index contributed by atoms with van der Waals surface area (Å²) in [5, 5.41) is 0. The smallest absolute Gasteiger partial charge is 0.297 e. The van der Waals surface area contributed by atoms with Gasteiger partial charge in [-0.15, -0.1) is 0 Å². The van der Waals surface area contributed by atoms with Gasteiger partial charge in [-0.2, -0.15) is 0 Å². The molecule has 2 atom stereocenters. The topological polar surface area (TPSA) is 44.8 Å². The Labute approximate surface area is 141 Å². The van der Waals surface area contributed by atoms with Gasteiger partial charge in [0.1, 0.15) is 10.6 Å². The molecule has 116 valence electrons. The van der Waals surface area contributed by atoms with Crippen LogP contribution in [0.3, 0.4) is 0 Å². The molecule has 0 radical (unpaired) electrons.